The van der Waals surface area contributed by atoms with E-state index >= 15 is 0 Å². The third-order valence-electron chi connectivity index (χ3n) is 2.71. The van der Waals surface area contributed by atoms with Gasteiger partial charge in [-0.3, -0.25) is 0 Å². The minimum atomic E-state index is -0.567. The van der Waals surface area contributed by atoms with Crippen molar-refractivity contribution in [2.45, 2.75) is 19.6 Å². The molecule has 0 aliphatic rings. The van der Waals surface area contributed by atoms with E-state index in [4.69, 9.17) is 16.3 Å². The lowest BCUT2D eigenvalue weighted by Gasteiger charge is -2.14. The Morgan fingerprint density at radius 3 is 2.74 bits per heavy atom. The SMILES string of the molecule is C[C@H](O)c1ccc(Br)cc1OCc1cccc(Cl)c1. The van der Waals surface area contributed by atoms with Crippen molar-refractivity contribution in [2.24, 2.45) is 0 Å². The van der Waals surface area contributed by atoms with Crippen LogP contribution in [0.4, 0.5) is 0 Å². The second-order valence-corrected chi connectivity index (χ2v) is 5.63. The molecule has 0 unspecified atom stereocenters. The Morgan fingerprint density at radius 2 is 2.05 bits per heavy atom. The number of aliphatic hydroxyl groups excluding tert-OH is 1. The second-order valence-electron chi connectivity index (χ2n) is 4.28. The first-order chi connectivity index (χ1) is 9.06. The van der Waals surface area contributed by atoms with Crippen LogP contribution in [0.2, 0.25) is 5.02 Å². The monoisotopic (exact) mass is 340 g/mol. The van der Waals surface area contributed by atoms with Crippen LogP contribution in [0.1, 0.15) is 24.2 Å². The standard InChI is InChI=1S/C15H14BrClO2/c1-10(18)14-6-5-12(16)8-15(14)19-9-11-3-2-4-13(17)7-11/h2-8,10,18H,9H2,1H3/t10-/m0/s1. The number of benzene rings is 2. The molecule has 0 aliphatic heterocycles. The van der Waals surface area contributed by atoms with Crippen molar-refractivity contribution in [2.75, 3.05) is 0 Å². The number of rotatable bonds is 4. The second kappa shape index (κ2) is 6.42. The van der Waals surface area contributed by atoms with Gasteiger partial charge >= 0.3 is 0 Å². The van der Waals surface area contributed by atoms with Crippen molar-refractivity contribution >= 4 is 27.5 Å². The van der Waals surface area contributed by atoms with E-state index < -0.39 is 6.10 Å². The third-order valence-corrected chi connectivity index (χ3v) is 3.44. The summed E-state index contributed by atoms with van der Waals surface area (Å²) in [5, 5.41) is 10.4. The quantitative estimate of drug-likeness (QED) is 0.870. The molecular weight excluding hydrogens is 328 g/mol. The molecule has 0 heterocycles. The first kappa shape index (κ1) is 14.4. The van der Waals surface area contributed by atoms with Gasteiger partial charge in [0.1, 0.15) is 12.4 Å². The van der Waals surface area contributed by atoms with Gasteiger partial charge in [-0.15, -0.1) is 0 Å². The fraction of sp³-hybridized carbons (Fsp3) is 0.200. The molecule has 19 heavy (non-hydrogen) atoms. The van der Waals surface area contributed by atoms with Crippen LogP contribution < -0.4 is 4.74 Å². The molecule has 0 spiro atoms. The molecule has 0 saturated heterocycles. The van der Waals surface area contributed by atoms with Gasteiger partial charge in [0, 0.05) is 15.1 Å². The summed E-state index contributed by atoms with van der Waals surface area (Å²) in [4.78, 5) is 0. The van der Waals surface area contributed by atoms with Gasteiger partial charge in [0.2, 0.25) is 0 Å². The molecule has 2 rings (SSSR count). The summed E-state index contributed by atoms with van der Waals surface area (Å²) in [5.74, 6) is 0.671. The van der Waals surface area contributed by atoms with Gasteiger partial charge in [-0.25, -0.2) is 0 Å². The Bertz CT molecular complexity index is 570. The maximum absolute atomic E-state index is 9.72. The lowest BCUT2D eigenvalue weighted by atomic mass is 10.1. The van der Waals surface area contributed by atoms with E-state index in [9.17, 15) is 5.11 Å². The number of hydrogen-bond donors (Lipinski definition) is 1. The average molecular weight is 342 g/mol. The van der Waals surface area contributed by atoms with E-state index in [1.54, 1.807) is 6.92 Å². The highest BCUT2D eigenvalue weighted by Crippen LogP contribution is 2.29. The topological polar surface area (TPSA) is 29.5 Å². The van der Waals surface area contributed by atoms with Crippen LogP contribution in [0.5, 0.6) is 5.75 Å². The molecule has 0 fully saturated rings. The van der Waals surface area contributed by atoms with Crippen molar-refractivity contribution in [3.63, 3.8) is 0 Å². The molecule has 100 valence electrons. The molecule has 0 aromatic heterocycles. The summed E-state index contributed by atoms with van der Waals surface area (Å²) >= 11 is 9.33. The molecule has 2 nitrogen and oxygen atoms in total. The fourth-order valence-electron chi connectivity index (χ4n) is 1.77. The van der Waals surface area contributed by atoms with Crippen molar-refractivity contribution in [1.82, 2.24) is 0 Å². The van der Waals surface area contributed by atoms with Gasteiger partial charge in [0.25, 0.3) is 0 Å². The van der Waals surface area contributed by atoms with Gasteiger partial charge in [0.05, 0.1) is 6.10 Å². The van der Waals surface area contributed by atoms with Crippen molar-refractivity contribution in [3.05, 3.63) is 63.1 Å². The summed E-state index contributed by atoms with van der Waals surface area (Å²) in [5.41, 5.74) is 1.76. The lowest BCUT2D eigenvalue weighted by molar-refractivity contribution is 0.190. The van der Waals surface area contributed by atoms with E-state index in [1.807, 2.05) is 42.5 Å². The van der Waals surface area contributed by atoms with Gasteiger partial charge in [-0.1, -0.05) is 45.7 Å². The molecule has 1 atom stereocenters. The van der Waals surface area contributed by atoms with Crippen LogP contribution in [0.3, 0.4) is 0 Å². The summed E-state index contributed by atoms with van der Waals surface area (Å²) in [6.07, 6.45) is -0.567. The zero-order valence-electron chi connectivity index (χ0n) is 10.4. The Balaban J connectivity index is 2.17. The normalized spacial score (nSPS) is 12.2. The maximum atomic E-state index is 9.72. The van der Waals surface area contributed by atoms with Crippen LogP contribution >= 0.6 is 27.5 Å². The predicted octanol–water partition coefficient (Wildman–Crippen LogP) is 4.73. The van der Waals surface area contributed by atoms with E-state index in [1.165, 1.54) is 0 Å². The zero-order chi connectivity index (χ0) is 13.8. The molecule has 0 bridgehead atoms. The minimum absolute atomic E-state index is 0.413. The molecular formula is C15H14BrClO2. The molecule has 0 radical (unpaired) electrons. The molecule has 0 amide bonds. The summed E-state index contributed by atoms with van der Waals surface area (Å²) < 4.78 is 6.69. The Kier molecular flexibility index (Phi) is 4.86. The molecule has 0 saturated carbocycles. The molecule has 2 aromatic carbocycles. The smallest absolute Gasteiger partial charge is 0.126 e. The van der Waals surface area contributed by atoms with Crippen LogP contribution in [0.25, 0.3) is 0 Å². The zero-order valence-corrected chi connectivity index (χ0v) is 12.8. The van der Waals surface area contributed by atoms with Gasteiger partial charge in [0.15, 0.2) is 0 Å². The first-order valence-electron chi connectivity index (χ1n) is 5.91. The maximum Gasteiger partial charge on any atom is 0.126 e. The Labute approximate surface area is 126 Å². The molecule has 2 aromatic rings. The van der Waals surface area contributed by atoms with E-state index in [-0.39, 0.29) is 0 Å². The number of halogens is 2. The minimum Gasteiger partial charge on any atom is -0.488 e. The number of hydrogen-bond acceptors (Lipinski definition) is 2. The van der Waals surface area contributed by atoms with Crippen LogP contribution in [0.15, 0.2) is 46.9 Å². The summed E-state index contributed by atoms with van der Waals surface area (Å²) in [7, 11) is 0. The number of aliphatic hydroxyl groups is 1. The highest BCUT2D eigenvalue weighted by Gasteiger charge is 2.10. The summed E-state index contributed by atoms with van der Waals surface area (Å²) in [6.45, 7) is 2.13. The number of ether oxygens (including phenoxy) is 1. The van der Waals surface area contributed by atoms with E-state index in [2.05, 4.69) is 15.9 Å². The van der Waals surface area contributed by atoms with Crippen LogP contribution in [-0.2, 0) is 6.61 Å². The molecule has 0 aliphatic carbocycles. The third kappa shape index (κ3) is 3.96. The Hall–Kier alpha value is -1.03. The molecule has 1 N–H and O–H groups in total. The van der Waals surface area contributed by atoms with Crippen molar-refractivity contribution in [1.29, 1.82) is 0 Å². The Morgan fingerprint density at radius 1 is 1.26 bits per heavy atom. The van der Waals surface area contributed by atoms with Crippen LogP contribution in [0, 0.1) is 0 Å². The van der Waals surface area contributed by atoms with E-state index in [0.29, 0.717) is 17.4 Å². The predicted molar refractivity (Wildman–Crippen MR) is 80.6 cm³/mol. The lowest BCUT2D eigenvalue weighted by Crippen LogP contribution is -2.01. The van der Waals surface area contributed by atoms with Gasteiger partial charge in [-0.2, -0.15) is 0 Å². The average Bonchev–Trinajstić information content (AvgIpc) is 2.36. The highest BCUT2D eigenvalue weighted by atomic mass is 79.9. The van der Waals surface area contributed by atoms with E-state index in [0.717, 1.165) is 15.6 Å². The van der Waals surface area contributed by atoms with Crippen LogP contribution in [-0.4, -0.2) is 5.11 Å². The summed E-state index contributed by atoms with van der Waals surface area (Å²) in [6, 6.07) is 13.1. The van der Waals surface area contributed by atoms with Gasteiger partial charge < -0.3 is 9.84 Å². The largest absolute Gasteiger partial charge is 0.488 e. The van der Waals surface area contributed by atoms with Crippen molar-refractivity contribution < 1.29 is 9.84 Å². The highest BCUT2D eigenvalue weighted by molar-refractivity contribution is 9.10. The molecule has 4 heteroatoms. The first-order valence-corrected chi connectivity index (χ1v) is 7.08. The van der Waals surface area contributed by atoms with Crippen molar-refractivity contribution in [3.8, 4) is 5.75 Å². The fourth-order valence-corrected chi connectivity index (χ4v) is 2.32. The van der Waals surface area contributed by atoms with Gasteiger partial charge in [-0.05, 0) is 36.8 Å².